The topological polar surface area (TPSA) is 58.4 Å². The molecule has 0 bridgehead atoms. The summed E-state index contributed by atoms with van der Waals surface area (Å²) in [6.45, 7) is 8.84. The molecule has 0 N–H and O–H groups in total. The van der Waals surface area contributed by atoms with Gasteiger partial charge in [0, 0.05) is 76.5 Å². The van der Waals surface area contributed by atoms with Crippen LogP contribution in [0.25, 0.3) is 178 Å². The van der Waals surface area contributed by atoms with E-state index < -0.39 is 0 Å². The van der Waals surface area contributed by atoms with Crippen molar-refractivity contribution in [3.05, 3.63) is 332 Å². The predicted molar refractivity (Wildman–Crippen MR) is 409 cm³/mol. The standard InChI is InChI=1S/C91H63N7/c1-56-41-45-81-69(49-56)65-33-17-21-37-77(65)95(81)87-85(64-53-73(60-25-9-5-10-26-60)92-74(54-64)61-27-11-6-12-28-61)86(76-55-75(62-29-13-7-14-30-62)93-91(94-76)63-31-15-8-16-32-63)88(96-78-38-22-18-34-66(78)70-50-57(2)42-46-82(70)96)90(98-80-40-24-20-36-68(80)72-52-59(4)44-48-84(72)98)89(87)97-79-39-23-19-35-67(79)71-51-58(3)43-47-83(71)97/h5-55H,1-4H3. The lowest BCUT2D eigenvalue weighted by molar-refractivity contribution is 1.02. The Bertz CT molecular complexity index is 5940. The number of aryl methyl sites for hydroxylation is 4. The number of aromatic nitrogens is 7. The molecule has 462 valence electrons. The minimum Gasteiger partial charge on any atom is -0.306 e. The van der Waals surface area contributed by atoms with E-state index in [0.717, 1.165) is 172 Å². The van der Waals surface area contributed by atoms with Crippen molar-refractivity contribution in [2.75, 3.05) is 0 Å². The molecular formula is C91H63N7. The molecular weight excluding hydrogens is 1190 g/mol. The van der Waals surface area contributed by atoms with E-state index in [1.807, 2.05) is 0 Å². The van der Waals surface area contributed by atoms with Crippen LogP contribution < -0.4 is 0 Å². The van der Waals surface area contributed by atoms with Gasteiger partial charge in [-0.1, -0.05) is 241 Å². The Morgan fingerprint density at radius 1 is 0.194 bits per heavy atom. The van der Waals surface area contributed by atoms with Gasteiger partial charge in [-0.2, -0.15) is 0 Å². The highest BCUT2D eigenvalue weighted by Gasteiger charge is 2.37. The fourth-order valence-corrected chi connectivity index (χ4v) is 15.6. The average Bonchev–Trinajstić information content (AvgIpc) is 1.30. The lowest BCUT2D eigenvalue weighted by Gasteiger charge is -2.31. The predicted octanol–water partition coefficient (Wildman–Crippen LogP) is 23.5. The molecule has 7 heteroatoms. The molecule has 0 aliphatic heterocycles. The zero-order valence-corrected chi connectivity index (χ0v) is 54.6. The number of nitrogens with zero attached hydrogens (tertiary/aromatic N) is 7. The molecule has 0 unspecified atom stereocenters. The van der Waals surface area contributed by atoms with Gasteiger partial charge < -0.3 is 18.3 Å². The zero-order chi connectivity index (χ0) is 65.3. The summed E-state index contributed by atoms with van der Waals surface area (Å²) in [6.07, 6.45) is 0. The van der Waals surface area contributed by atoms with Crippen LogP contribution in [0.1, 0.15) is 22.3 Å². The van der Waals surface area contributed by atoms with E-state index in [1.54, 1.807) is 0 Å². The van der Waals surface area contributed by atoms with E-state index >= 15 is 0 Å². The van der Waals surface area contributed by atoms with Crippen molar-refractivity contribution in [3.8, 4) is 90.3 Å². The summed E-state index contributed by atoms with van der Waals surface area (Å²) in [7, 11) is 0. The maximum absolute atomic E-state index is 6.15. The van der Waals surface area contributed by atoms with Gasteiger partial charge in [-0.15, -0.1) is 0 Å². The van der Waals surface area contributed by atoms with E-state index in [-0.39, 0.29) is 0 Å². The van der Waals surface area contributed by atoms with Crippen molar-refractivity contribution in [1.82, 2.24) is 33.2 Å². The molecule has 7 nitrogen and oxygen atoms in total. The molecule has 0 saturated carbocycles. The molecule has 6 aromatic heterocycles. The van der Waals surface area contributed by atoms with Crippen LogP contribution in [0.4, 0.5) is 0 Å². The number of pyridine rings is 1. The Balaban J connectivity index is 1.20. The molecule has 13 aromatic carbocycles. The maximum Gasteiger partial charge on any atom is 0.160 e. The monoisotopic (exact) mass is 1250 g/mol. The summed E-state index contributed by atoms with van der Waals surface area (Å²) in [4.78, 5) is 17.5. The third-order valence-corrected chi connectivity index (χ3v) is 19.9. The second-order valence-electron chi connectivity index (χ2n) is 26.2. The SMILES string of the molecule is Cc1ccc2c(c1)c1ccccc1n2-c1c(-c2cc(-c3ccccc3)nc(-c3ccccc3)c2)c(-c2cc(-c3ccccc3)nc(-c3ccccc3)n2)c(-n2c3ccccc3c3cc(C)ccc32)c(-n2c3ccccc3c3cc(C)ccc32)c1-n1c2ccccc2c2cc(C)ccc21. The van der Waals surface area contributed by atoms with E-state index in [0.29, 0.717) is 5.82 Å². The summed E-state index contributed by atoms with van der Waals surface area (Å²) < 4.78 is 10.4. The van der Waals surface area contributed by atoms with Gasteiger partial charge in [0.25, 0.3) is 0 Å². The van der Waals surface area contributed by atoms with E-state index in [1.165, 1.54) is 22.3 Å². The van der Waals surface area contributed by atoms with Crippen LogP contribution in [0, 0.1) is 27.7 Å². The Hall–Kier alpha value is -12.7. The molecule has 0 amide bonds. The molecule has 0 aliphatic rings. The van der Waals surface area contributed by atoms with Crippen LogP contribution in [0.5, 0.6) is 0 Å². The van der Waals surface area contributed by atoms with Crippen molar-refractivity contribution in [3.63, 3.8) is 0 Å². The first kappa shape index (κ1) is 56.8. The van der Waals surface area contributed by atoms with Gasteiger partial charge in [-0.25, -0.2) is 15.0 Å². The van der Waals surface area contributed by atoms with Crippen molar-refractivity contribution < 1.29 is 0 Å². The van der Waals surface area contributed by atoms with Crippen LogP contribution in [-0.4, -0.2) is 33.2 Å². The summed E-state index contributed by atoms with van der Waals surface area (Å²) in [6, 6.07) is 114. The number of fused-ring (bicyclic) bond motifs is 12. The third-order valence-electron chi connectivity index (χ3n) is 19.9. The van der Waals surface area contributed by atoms with Crippen LogP contribution in [0.15, 0.2) is 309 Å². The highest BCUT2D eigenvalue weighted by molar-refractivity contribution is 6.19. The van der Waals surface area contributed by atoms with Gasteiger partial charge in [0.1, 0.15) is 0 Å². The first-order chi connectivity index (χ1) is 48.3. The number of rotatable bonds is 10. The van der Waals surface area contributed by atoms with Crippen molar-refractivity contribution >= 4 is 87.2 Å². The van der Waals surface area contributed by atoms with Gasteiger partial charge in [0.05, 0.1) is 89.7 Å². The van der Waals surface area contributed by atoms with Crippen molar-refractivity contribution in [1.29, 1.82) is 0 Å². The molecule has 19 aromatic rings. The largest absolute Gasteiger partial charge is 0.306 e. The Kier molecular flexibility index (Phi) is 13.0. The molecule has 0 atom stereocenters. The zero-order valence-electron chi connectivity index (χ0n) is 54.6. The lowest BCUT2D eigenvalue weighted by Crippen LogP contribution is -2.17. The van der Waals surface area contributed by atoms with Gasteiger partial charge in [0.15, 0.2) is 5.82 Å². The number of hydrogen-bond donors (Lipinski definition) is 0. The van der Waals surface area contributed by atoms with E-state index in [4.69, 9.17) is 15.0 Å². The summed E-state index contributed by atoms with van der Waals surface area (Å²) >= 11 is 0. The molecule has 19 rings (SSSR count). The van der Waals surface area contributed by atoms with Crippen LogP contribution >= 0.6 is 0 Å². The van der Waals surface area contributed by atoms with Crippen LogP contribution in [0.3, 0.4) is 0 Å². The molecule has 0 fully saturated rings. The molecule has 0 aliphatic carbocycles. The number of hydrogen-bond acceptors (Lipinski definition) is 3. The number of benzene rings is 13. The van der Waals surface area contributed by atoms with Gasteiger partial charge in [-0.3, -0.25) is 0 Å². The first-order valence-electron chi connectivity index (χ1n) is 33.7. The Labute approximate surface area is 566 Å². The molecule has 0 radical (unpaired) electrons. The van der Waals surface area contributed by atoms with Crippen LogP contribution in [-0.2, 0) is 0 Å². The van der Waals surface area contributed by atoms with Gasteiger partial charge >= 0.3 is 0 Å². The lowest BCUT2D eigenvalue weighted by atomic mass is 9.88. The Morgan fingerprint density at radius 2 is 0.469 bits per heavy atom. The minimum absolute atomic E-state index is 0.603. The normalized spacial score (nSPS) is 11.9. The average molecular weight is 1250 g/mol. The molecule has 0 spiro atoms. The minimum atomic E-state index is 0.603. The highest BCUT2D eigenvalue weighted by Crippen LogP contribution is 2.55. The Morgan fingerprint density at radius 3 is 0.827 bits per heavy atom. The quantitative estimate of drug-likeness (QED) is 0.137. The van der Waals surface area contributed by atoms with E-state index in [2.05, 4.69) is 355 Å². The van der Waals surface area contributed by atoms with Crippen molar-refractivity contribution in [2.24, 2.45) is 0 Å². The third kappa shape index (κ3) is 8.93. The van der Waals surface area contributed by atoms with Crippen molar-refractivity contribution in [2.45, 2.75) is 27.7 Å². The molecule has 0 saturated heterocycles. The fraction of sp³-hybridized carbons (Fsp3) is 0.0440. The maximum atomic E-state index is 6.15. The summed E-state index contributed by atoms with van der Waals surface area (Å²) in [5.74, 6) is 0.603. The number of para-hydroxylation sites is 4. The summed E-state index contributed by atoms with van der Waals surface area (Å²) in [5.41, 5.74) is 26.8. The van der Waals surface area contributed by atoms with Gasteiger partial charge in [-0.05, 0) is 124 Å². The molecule has 98 heavy (non-hydrogen) atoms. The van der Waals surface area contributed by atoms with Gasteiger partial charge in [0.2, 0.25) is 0 Å². The first-order valence-corrected chi connectivity index (χ1v) is 33.7. The second-order valence-corrected chi connectivity index (χ2v) is 26.2. The summed E-state index contributed by atoms with van der Waals surface area (Å²) in [5, 5.41) is 9.18. The van der Waals surface area contributed by atoms with Crippen LogP contribution in [0.2, 0.25) is 0 Å². The van der Waals surface area contributed by atoms with E-state index in [9.17, 15) is 0 Å². The fourth-order valence-electron chi connectivity index (χ4n) is 15.6. The molecule has 6 heterocycles. The highest BCUT2D eigenvalue weighted by atomic mass is 15.1. The smallest absolute Gasteiger partial charge is 0.160 e. The second kappa shape index (κ2) is 22.5.